The summed E-state index contributed by atoms with van der Waals surface area (Å²) in [6.07, 6.45) is -2.87. The smallest absolute Gasteiger partial charge is 0.389 e. The van der Waals surface area contributed by atoms with Crippen LogP contribution in [0.4, 0.5) is 13.2 Å². The number of hydrogen-bond donors (Lipinski definition) is 1. The summed E-state index contributed by atoms with van der Waals surface area (Å²) in [6, 6.07) is 7.13. The van der Waals surface area contributed by atoms with Crippen molar-refractivity contribution in [2.24, 2.45) is 7.05 Å². The molecule has 36 heavy (non-hydrogen) atoms. The summed E-state index contributed by atoms with van der Waals surface area (Å²) in [5.74, 6) is -0.888. The van der Waals surface area contributed by atoms with Gasteiger partial charge in [0.15, 0.2) is 0 Å². The van der Waals surface area contributed by atoms with Crippen LogP contribution in [0, 0.1) is 0 Å². The van der Waals surface area contributed by atoms with Gasteiger partial charge in [-0.15, -0.1) is 5.10 Å². The number of halogens is 3. The van der Waals surface area contributed by atoms with Crippen molar-refractivity contribution in [3.8, 4) is 11.6 Å². The van der Waals surface area contributed by atoms with Crippen molar-refractivity contribution in [3.63, 3.8) is 0 Å². The molecule has 2 rings (SSSR count). The number of aliphatic carboxylic acids is 1. The molecule has 0 aliphatic heterocycles. The van der Waals surface area contributed by atoms with Gasteiger partial charge < -0.3 is 14.6 Å². The minimum atomic E-state index is -4.37. The van der Waals surface area contributed by atoms with Crippen LogP contribution in [0.1, 0.15) is 57.9 Å². The third-order valence-corrected chi connectivity index (χ3v) is 5.56. The number of aryl methyl sites for hydroxylation is 2. The second-order valence-electron chi connectivity index (χ2n) is 8.72. The van der Waals surface area contributed by atoms with E-state index in [1.54, 1.807) is 19.1 Å². The molecule has 0 saturated carbocycles. The van der Waals surface area contributed by atoms with Crippen LogP contribution in [-0.2, 0) is 24.8 Å². The van der Waals surface area contributed by atoms with E-state index in [0.717, 1.165) is 10.2 Å². The number of carbonyl (C=O) groups is 1. The molecule has 0 saturated heterocycles. The summed E-state index contributed by atoms with van der Waals surface area (Å²) in [4.78, 5) is 36.0. The van der Waals surface area contributed by atoms with E-state index < -0.39 is 41.8 Å². The van der Waals surface area contributed by atoms with Crippen LogP contribution >= 0.6 is 0 Å². The fraction of sp³-hybridized carbons (Fsp3) is 0.583. The van der Waals surface area contributed by atoms with Crippen LogP contribution in [0.15, 0.2) is 33.9 Å². The predicted octanol–water partition coefficient (Wildman–Crippen LogP) is 3.71. The summed E-state index contributed by atoms with van der Waals surface area (Å²) in [5, 5.41) is 13.2. The van der Waals surface area contributed by atoms with E-state index in [9.17, 15) is 32.7 Å². The number of alkyl halides is 3. The molecule has 1 aromatic carbocycles. The zero-order valence-corrected chi connectivity index (χ0v) is 20.6. The van der Waals surface area contributed by atoms with Gasteiger partial charge in [0, 0.05) is 20.0 Å². The fourth-order valence-electron chi connectivity index (χ4n) is 3.59. The van der Waals surface area contributed by atoms with Crippen molar-refractivity contribution < 1.29 is 32.5 Å². The lowest BCUT2D eigenvalue weighted by atomic mass is 10.0. The summed E-state index contributed by atoms with van der Waals surface area (Å²) in [5.41, 5.74) is -1.95. The number of unbranched alkanes of at least 4 members (excludes halogenated alkanes) is 1. The highest BCUT2D eigenvalue weighted by Crippen LogP contribution is 2.24. The van der Waals surface area contributed by atoms with Crippen molar-refractivity contribution in [2.75, 3.05) is 6.61 Å². The highest BCUT2D eigenvalue weighted by molar-refractivity contribution is 5.77. The third kappa shape index (κ3) is 8.42. The molecule has 0 bridgehead atoms. The number of ether oxygens (including phenoxy) is 2. The number of carboxylic acid groups (broad SMARTS) is 1. The number of rotatable bonds is 14. The second kappa shape index (κ2) is 12.6. The average molecular weight is 516 g/mol. The molecule has 0 fully saturated rings. The van der Waals surface area contributed by atoms with Crippen LogP contribution in [0.3, 0.4) is 0 Å². The highest BCUT2D eigenvalue weighted by Gasteiger charge is 2.34. The number of carboxylic acids is 1. The topological polar surface area (TPSA) is 113 Å². The molecule has 1 N–H and O–H groups in total. The lowest BCUT2D eigenvalue weighted by Gasteiger charge is -2.26. The Labute approximate surface area is 206 Å². The van der Waals surface area contributed by atoms with Gasteiger partial charge in [-0.2, -0.15) is 13.2 Å². The standard InChI is InChI=1S/C24H32F3N3O6/c1-4-13-23(2,21(32)33)36-18-11-9-17(10-12-18)8-5-6-16-35-19-20(31)30(22(34)29(3)28-19)15-7-14-24(25,26)27/h9-12H,4-8,13-16H2,1-3H3,(H,32,33). The number of hydrogen-bond acceptors (Lipinski definition) is 6. The molecular formula is C24H32F3N3O6. The third-order valence-electron chi connectivity index (χ3n) is 5.56. The van der Waals surface area contributed by atoms with E-state index in [1.165, 1.54) is 7.05 Å². The molecule has 0 aliphatic carbocycles. The molecule has 1 atom stereocenters. The zero-order chi connectivity index (χ0) is 26.9. The van der Waals surface area contributed by atoms with Gasteiger partial charge in [0.25, 0.3) is 5.88 Å². The first-order chi connectivity index (χ1) is 16.9. The first-order valence-electron chi connectivity index (χ1n) is 11.8. The average Bonchev–Trinajstić information content (AvgIpc) is 2.79. The van der Waals surface area contributed by atoms with E-state index in [0.29, 0.717) is 42.4 Å². The van der Waals surface area contributed by atoms with Gasteiger partial charge in [0.1, 0.15) is 5.75 Å². The molecule has 12 heteroatoms. The van der Waals surface area contributed by atoms with Gasteiger partial charge in [0.05, 0.1) is 6.61 Å². The normalized spacial score (nSPS) is 13.3. The summed E-state index contributed by atoms with van der Waals surface area (Å²) < 4.78 is 49.8. The van der Waals surface area contributed by atoms with E-state index in [4.69, 9.17) is 9.47 Å². The molecule has 2 aromatic rings. The lowest BCUT2D eigenvalue weighted by molar-refractivity contribution is -0.154. The maximum atomic E-state index is 12.4. The quantitative estimate of drug-likeness (QED) is 0.382. The Morgan fingerprint density at radius 1 is 1.08 bits per heavy atom. The van der Waals surface area contributed by atoms with Crippen molar-refractivity contribution in [1.82, 2.24) is 14.3 Å². The number of aromatic nitrogens is 3. The minimum absolute atomic E-state index is 0.137. The van der Waals surface area contributed by atoms with E-state index in [1.807, 2.05) is 19.1 Å². The summed E-state index contributed by atoms with van der Waals surface area (Å²) in [7, 11) is 1.30. The van der Waals surface area contributed by atoms with Crippen LogP contribution in [-0.4, -0.2) is 43.8 Å². The molecule has 1 heterocycles. The zero-order valence-electron chi connectivity index (χ0n) is 20.6. The fourth-order valence-corrected chi connectivity index (χ4v) is 3.59. The minimum Gasteiger partial charge on any atom is -0.478 e. The number of nitrogens with zero attached hydrogens (tertiary/aromatic N) is 3. The van der Waals surface area contributed by atoms with Crippen LogP contribution in [0.25, 0.3) is 0 Å². The second-order valence-corrected chi connectivity index (χ2v) is 8.72. The molecular weight excluding hydrogens is 483 g/mol. The largest absolute Gasteiger partial charge is 0.478 e. The Morgan fingerprint density at radius 3 is 2.33 bits per heavy atom. The Bertz CT molecular complexity index is 1130. The van der Waals surface area contributed by atoms with Gasteiger partial charge in [-0.25, -0.2) is 14.3 Å². The summed E-state index contributed by atoms with van der Waals surface area (Å²) >= 11 is 0. The van der Waals surface area contributed by atoms with Gasteiger partial charge in [-0.1, -0.05) is 25.5 Å². The Balaban J connectivity index is 1.87. The monoisotopic (exact) mass is 515 g/mol. The molecule has 0 amide bonds. The maximum Gasteiger partial charge on any atom is 0.389 e. The van der Waals surface area contributed by atoms with E-state index in [-0.39, 0.29) is 19.0 Å². The SMILES string of the molecule is CCCC(C)(Oc1ccc(CCCCOc2nn(C)c(=O)n(CCCC(F)(F)F)c2=O)cc1)C(=O)O. The van der Waals surface area contributed by atoms with Crippen LogP contribution in [0.5, 0.6) is 11.6 Å². The molecule has 0 radical (unpaired) electrons. The Kier molecular flexibility index (Phi) is 10.1. The van der Waals surface area contributed by atoms with Crippen molar-refractivity contribution in [2.45, 2.75) is 77.1 Å². The van der Waals surface area contributed by atoms with Crippen LogP contribution in [0.2, 0.25) is 0 Å². The Morgan fingerprint density at radius 2 is 1.75 bits per heavy atom. The Hall–Kier alpha value is -3.31. The van der Waals surface area contributed by atoms with Gasteiger partial charge in [0.2, 0.25) is 5.60 Å². The molecule has 200 valence electrons. The molecule has 0 spiro atoms. The first kappa shape index (κ1) is 28.9. The highest BCUT2D eigenvalue weighted by atomic mass is 19.4. The molecule has 0 aliphatic rings. The van der Waals surface area contributed by atoms with Crippen molar-refractivity contribution >= 4 is 5.97 Å². The molecule has 1 unspecified atom stereocenters. The van der Waals surface area contributed by atoms with Crippen molar-refractivity contribution in [1.29, 1.82) is 0 Å². The van der Waals surface area contributed by atoms with E-state index >= 15 is 0 Å². The summed E-state index contributed by atoms with van der Waals surface area (Å²) in [6.45, 7) is 3.19. The maximum absolute atomic E-state index is 12.4. The van der Waals surface area contributed by atoms with Crippen LogP contribution < -0.4 is 20.7 Å². The van der Waals surface area contributed by atoms with Gasteiger partial charge >= 0.3 is 23.4 Å². The van der Waals surface area contributed by atoms with Crippen molar-refractivity contribution in [3.05, 3.63) is 50.7 Å². The predicted molar refractivity (Wildman–Crippen MR) is 125 cm³/mol. The molecule has 1 aromatic heterocycles. The number of benzene rings is 1. The lowest BCUT2D eigenvalue weighted by Crippen LogP contribution is -2.41. The van der Waals surface area contributed by atoms with E-state index in [2.05, 4.69) is 5.10 Å². The first-order valence-corrected chi connectivity index (χ1v) is 11.8. The molecule has 9 nitrogen and oxygen atoms in total. The van der Waals surface area contributed by atoms with Gasteiger partial charge in [-0.05, 0) is 56.7 Å². The van der Waals surface area contributed by atoms with Gasteiger partial charge in [-0.3, -0.25) is 9.36 Å².